The third kappa shape index (κ3) is 3.50. The van der Waals surface area contributed by atoms with E-state index in [4.69, 9.17) is 18.9 Å². The lowest BCUT2D eigenvalue weighted by molar-refractivity contribution is -0.140. The van der Waals surface area contributed by atoms with Gasteiger partial charge in [0.2, 0.25) is 0 Å². The Bertz CT molecular complexity index is 819. The van der Waals surface area contributed by atoms with Crippen molar-refractivity contribution in [3.8, 4) is 11.5 Å². The van der Waals surface area contributed by atoms with E-state index in [-0.39, 0.29) is 0 Å². The van der Waals surface area contributed by atoms with Crippen LogP contribution < -0.4 is 9.47 Å². The van der Waals surface area contributed by atoms with Gasteiger partial charge in [-0.1, -0.05) is 18.2 Å². The Morgan fingerprint density at radius 3 is 2.44 bits per heavy atom. The standard InChI is InChI=1S/C21H22O6/c1-24-16-5-2-14(3-6-16)13-27-18-12-15(21(8-9-21)20(22)23)4-7-17(18)19-25-10-11-26-19/h2-7,12,19H,8-11,13H2,1H3,(H,22,23). The summed E-state index contributed by atoms with van der Waals surface area (Å²) in [4.78, 5) is 11.7. The molecule has 6 nitrogen and oxygen atoms in total. The van der Waals surface area contributed by atoms with Crippen LogP contribution in [0.5, 0.6) is 11.5 Å². The van der Waals surface area contributed by atoms with Gasteiger partial charge in [-0.05, 0) is 48.2 Å². The van der Waals surface area contributed by atoms with Gasteiger partial charge in [0.15, 0.2) is 6.29 Å². The molecule has 0 bridgehead atoms. The van der Waals surface area contributed by atoms with Gasteiger partial charge in [0.05, 0.1) is 25.7 Å². The Morgan fingerprint density at radius 1 is 1.15 bits per heavy atom. The maximum atomic E-state index is 11.7. The van der Waals surface area contributed by atoms with Crippen LogP contribution in [0.1, 0.15) is 35.8 Å². The second-order valence-corrected chi connectivity index (χ2v) is 6.85. The molecule has 6 heteroatoms. The molecule has 0 amide bonds. The SMILES string of the molecule is COc1ccc(COc2cc(C3(C(=O)O)CC3)ccc2C2OCCO2)cc1. The maximum Gasteiger partial charge on any atom is 0.314 e. The van der Waals surface area contributed by atoms with Crippen molar-refractivity contribution in [3.63, 3.8) is 0 Å². The highest BCUT2D eigenvalue weighted by molar-refractivity contribution is 5.85. The Hall–Kier alpha value is -2.57. The summed E-state index contributed by atoms with van der Waals surface area (Å²) in [7, 11) is 1.63. The summed E-state index contributed by atoms with van der Waals surface area (Å²) in [6.07, 6.45) is 0.816. The van der Waals surface area contributed by atoms with Gasteiger partial charge < -0.3 is 24.1 Å². The predicted octanol–water partition coefficient (Wildman–Crippen LogP) is 3.44. The Balaban J connectivity index is 1.60. The monoisotopic (exact) mass is 370 g/mol. The molecule has 0 unspecified atom stereocenters. The molecular weight excluding hydrogens is 348 g/mol. The van der Waals surface area contributed by atoms with Gasteiger partial charge in [-0.15, -0.1) is 0 Å². The molecule has 1 aliphatic heterocycles. The summed E-state index contributed by atoms with van der Waals surface area (Å²) in [5.74, 6) is 0.596. The van der Waals surface area contributed by atoms with Gasteiger partial charge in [-0.2, -0.15) is 0 Å². The summed E-state index contributed by atoms with van der Waals surface area (Å²) >= 11 is 0. The van der Waals surface area contributed by atoms with Crippen LogP contribution in [0, 0.1) is 0 Å². The Morgan fingerprint density at radius 2 is 1.85 bits per heavy atom. The first-order chi connectivity index (χ1) is 13.1. The van der Waals surface area contributed by atoms with Crippen LogP contribution >= 0.6 is 0 Å². The molecular formula is C21H22O6. The molecule has 27 heavy (non-hydrogen) atoms. The maximum absolute atomic E-state index is 11.7. The van der Waals surface area contributed by atoms with Gasteiger partial charge in [-0.3, -0.25) is 4.79 Å². The molecule has 1 aliphatic carbocycles. The molecule has 0 spiro atoms. The fourth-order valence-electron chi connectivity index (χ4n) is 3.32. The minimum atomic E-state index is -0.787. The Kier molecular flexibility index (Phi) is 4.76. The van der Waals surface area contributed by atoms with Gasteiger partial charge in [0.25, 0.3) is 0 Å². The van der Waals surface area contributed by atoms with E-state index in [2.05, 4.69) is 0 Å². The zero-order chi connectivity index (χ0) is 18.9. The number of benzene rings is 2. The van der Waals surface area contributed by atoms with Gasteiger partial charge >= 0.3 is 5.97 Å². The summed E-state index contributed by atoms with van der Waals surface area (Å²) in [5, 5.41) is 9.58. The van der Waals surface area contributed by atoms with Crippen LogP contribution in [0.3, 0.4) is 0 Å². The third-order valence-electron chi connectivity index (χ3n) is 5.15. The second-order valence-electron chi connectivity index (χ2n) is 6.85. The van der Waals surface area contributed by atoms with Crippen molar-refractivity contribution in [2.45, 2.75) is 31.2 Å². The summed E-state index contributed by atoms with van der Waals surface area (Å²) in [6, 6.07) is 13.2. The first kappa shape index (κ1) is 17.8. The molecule has 4 rings (SSSR count). The number of hydrogen-bond donors (Lipinski definition) is 1. The minimum Gasteiger partial charge on any atom is -0.497 e. The molecule has 2 aliphatic rings. The molecule has 142 valence electrons. The molecule has 1 saturated heterocycles. The van der Waals surface area contributed by atoms with Crippen LogP contribution in [0.4, 0.5) is 0 Å². The summed E-state index contributed by atoms with van der Waals surface area (Å²) in [6.45, 7) is 1.42. The first-order valence-corrected chi connectivity index (χ1v) is 8.99. The smallest absolute Gasteiger partial charge is 0.314 e. The average molecular weight is 370 g/mol. The third-order valence-corrected chi connectivity index (χ3v) is 5.15. The van der Waals surface area contributed by atoms with E-state index < -0.39 is 17.7 Å². The molecule has 0 atom stereocenters. The minimum absolute atomic E-state index is 0.354. The number of carboxylic acid groups (broad SMARTS) is 1. The lowest BCUT2D eigenvalue weighted by Gasteiger charge is -2.19. The van der Waals surface area contributed by atoms with Crippen molar-refractivity contribution in [3.05, 3.63) is 59.2 Å². The molecule has 2 aromatic rings. The molecule has 1 N–H and O–H groups in total. The van der Waals surface area contributed by atoms with Crippen molar-refractivity contribution in [1.29, 1.82) is 0 Å². The quantitative estimate of drug-likeness (QED) is 0.805. The van der Waals surface area contributed by atoms with E-state index in [1.165, 1.54) is 0 Å². The molecule has 1 heterocycles. The average Bonchev–Trinajstić information content (AvgIpc) is 3.34. The van der Waals surface area contributed by atoms with E-state index in [9.17, 15) is 9.90 Å². The number of carbonyl (C=O) groups is 1. The highest BCUT2D eigenvalue weighted by atomic mass is 16.7. The van der Waals surface area contributed by atoms with Crippen molar-refractivity contribution in [1.82, 2.24) is 0 Å². The topological polar surface area (TPSA) is 74.2 Å². The van der Waals surface area contributed by atoms with E-state index in [1.54, 1.807) is 7.11 Å². The predicted molar refractivity (Wildman–Crippen MR) is 97.0 cm³/mol. The van der Waals surface area contributed by atoms with Gasteiger partial charge in [0, 0.05) is 5.56 Å². The molecule has 0 aromatic heterocycles. The highest BCUT2D eigenvalue weighted by Crippen LogP contribution is 2.50. The van der Waals surface area contributed by atoms with Crippen molar-refractivity contribution < 1.29 is 28.8 Å². The normalized spacial score (nSPS) is 18.3. The molecule has 1 saturated carbocycles. The van der Waals surface area contributed by atoms with Crippen LogP contribution in [0.15, 0.2) is 42.5 Å². The molecule has 2 aromatic carbocycles. The number of ether oxygens (including phenoxy) is 4. The lowest BCUT2D eigenvalue weighted by atomic mass is 9.94. The fraction of sp³-hybridized carbons (Fsp3) is 0.381. The summed E-state index contributed by atoms with van der Waals surface area (Å²) < 4.78 is 22.5. The van der Waals surface area contributed by atoms with E-state index in [0.717, 1.165) is 22.4 Å². The zero-order valence-corrected chi connectivity index (χ0v) is 15.1. The molecule has 2 fully saturated rings. The second kappa shape index (κ2) is 7.21. The number of methoxy groups -OCH3 is 1. The van der Waals surface area contributed by atoms with Crippen molar-refractivity contribution in [2.75, 3.05) is 20.3 Å². The van der Waals surface area contributed by atoms with E-state index in [0.29, 0.717) is 38.4 Å². The fourth-order valence-corrected chi connectivity index (χ4v) is 3.32. The number of rotatable bonds is 7. The lowest BCUT2D eigenvalue weighted by Crippen LogP contribution is -2.19. The van der Waals surface area contributed by atoms with Crippen molar-refractivity contribution >= 4 is 5.97 Å². The van der Waals surface area contributed by atoms with Crippen LogP contribution in [0.25, 0.3) is 0 Å². The first-order valence-electron chi connectivity index (χ1n) is 8.99. The largest absolute Gasteiger partial charge is 0.497 e. The summed E-state index contributed by atoms with van der Waals surface area (Å²) in [5.41, 5.74) is 1.75. The van der Waals surface area contributed by atoms with Gasteiger partial charge in [0.1, 0.15) is 18.1 Å². The van der Waals surface area contributed by atoms with Crippen LogP contribution in [-0.2, 0) is 26.3 Å². The number of aliphatic carboxylic acids is 1. The zero-order valence-electron chi connectivity index (χ0n) is 15.1. The van der Waals surface area contributed by atoms with E-state index in [1.807, 2.05) is 42.5 Å². The van der Waals surface area contributed by atoms with Gasteiger partial charge in [-0.25, -0.2) is 0 Å². The van der Waals surface area contributed by atoms with Crippen LogP contribution in [-0.4, -0.2) is 31.4 Å². The molecule has 0 radical (unpaired) electrons. The van der Waals surface area contributed by atoms with Crippen molar-refractivity contribution in [2.24, 2.45) is 0 Å². The number of carboxylic acids is 1. The van der Waals surface area contributed by atoms with Crippen LogP contribution in [0.2, 0.25) is 0 Å². The Labute approximate surface area is 157 Å². The van der Waals surface area contributed by atoms with E-state index >= 15 is 0 Å². The highest BCUT2D eigenvalue weighted by Gasteiger charge is 2.52. The number of hydrogen-bond acceptors (Lipinski definition) is 5.